The normalized spacial score (nSPS) is 16.2. The summed E-state index contributed by atoms with van der Waals surface area (Å²) < 4.78 is 12.4. The van der Waals surface area contributed by atoms with E-state index >= 15 is 0 Å². The van der Waals surface area contributed by atoms with E-state index in [-0.39, 0.29) is 101 Å². The Hall–Kier alpha value is -10.5. The average molecular weight is 2090 g/mol. The van der Waals surface area contributed by atoms with Crippen LogP contribution >= 0.6 is 78.3 Å². The van der Waals surface area contributed by atoms with E-state index in [0.29, 0.717) is 85.3 Å². The van der Waals surface area contributed by atoms with Crippen molar-refractivity contribution in [1.29, 1.82) is 0 Å². The molecule has 722 valence electrons. The fourth-order valence-electron chi connectivity index (χ4n) is 16.1. The Bertz CT molecular complexity index is 6440. The molecular weight excluding hydrogens is 1980 g/mol. The number of pyridine rings is 5. The quantitative estimate of drug-likeness (QED) is 0.0143. The average Bonchev–Trinajstić information content (AvgIpc) is 1.63. The van der Waals surface area contributed by atoms with E-state index in [1.165, 1.54) is 40.3 Å². The molecule has 0 saturated carbocycles. The first-order valence-electron chi connectivity index (χ1n) is 45.1. The molecule has 5 fully saturated rings. The third-order valence-electron chi connectivity index (χ3n) is 23.3. The van der Waals surface area contributed by atoms with Crippen molar-refractivity contribution >= 4 is 186 Å². The molecule has 39 heteroatoms. The van der Waals surface area contributed by atoms with Gasteiger partial charge >= 0.3 is 29.6 Å². The first-order chi connectivity index (χ1) is 66.0. The molecule has 32 nitrogen and oxygen atoms in total. The molecule has 5 saturated heterocycles. The number of amides is 2. The topological polar surface area (TPSA) is 393 Å². The summed E-state index contributed by atoms with van der Waals surface area (Å²) in [5.41, 5.74) is 21.1. The number of nitrogens with two attached hydrogens (primary N) is 1. The van der Waals surface area contributed by atoms with E-state index < -0.39 is 0 Å². The van der Waals surface area contributed by atoms with Crippen LogP contribution in [-0.2, 0) is 53.5 Å². The fourth-order valence-corrected chi connectivity index (χ4v) is 17.5. The van der Waals surface area contributed by atoms with Gasteiger partial charge in [-0.05, 0) is 177 Å². The van der Waals surface area contributed by atoms with Crippen molar-refractivity contribution in [2.24, 2.45) is 5.73 Å². The molecule has 5 aromatic carbocycles. The number of hydrogen-bond donors (Lipinski definition) is 7. The first kappa shape index (κ1) is 108. The number of halogens is 6. The van der Waals surface area contributed by atoms with Gasteiger partial charge in [-0.1, -0.05) is 165 Å². The number of likely N-dealkylation sites (N-methyl/N-ethyl adjacent to an activating group) is 1. The second-order valence-corrected chi connectivity index (χ2v) is 36.3. The van der Waals surface area contributed by atoms with Crippen LogP contribution in [0.4, 0.5) is 35.2 Å². The molecule has 15 heterocycles. The van der Waals surface area contributed by atoms with Crippen molar-refractivity contribution in [3.63, 3.8) is 0 Å². The molecule has 0 bridgehead atoms. The first-order valence-corrected chi connectivity index (χ1v) is 48.5. The number of benzene rings is 5. The molecular formula is C99H114Br2Cl4N23NaO9. The van der Waals surface area contributed by atoms with Gasteiger partial charge in [-0.2, -0.15) is 24.9 Å². The second kappa shape index (κ2) is 53.2. The zero-order valence-electron chi connectivity index (χ0n) is 77.7. The maximum Gasteiger partial charge on any atom is 1.00 e. The van der Waals surface area contributed by atoms with Crippen LogP contribution in [0.3, 0.4) is 0 Å². The third kappa shape index (κ3) is 28.9. The molecule has 0 spiro atoms. The van der Waals surface area contributed by atoms with E-state index in [1.807, 2.05) is 114 Å². The van der Waals surface area contributed by atoms with Crippen LogP contribution in [0.2, 0.25) is 5.28 Å². The standard InChI is InChI=1S/C21H24ClN5O2.C21H23N5O2.C19H22N4O.C17H17BrN4O.C13H9BrClN3.C4H9NO.C3H4Cl2O.CH5N.Na.H2O/c1-25(19(29)7-9-22)16-11-18-20(23-12-16)24-21(26-10-8-17(28)14-26)27(18)13-15-5-3-2-4-6-15;1-3-19(28)24(2)16-11-18-20(22-12-16)23-21(25-10-9-17(27)14-25)26(18)13-15-7-5-4-6-8-15;1-2-14-10-17-18(20-11-14)21-19(22-9-8-16(24)13-22)23(17)12-15-6-4-3-5-7-15;18-13-8-15-16(19-9-13)20-17(21-7-6-14(23)11-21)22(15)10-12-4-2-1-3-5-12;14-10-6-11-12(16-7-10)17-13(15)18(11)8-9-4-2-1-3-5-9;6-4-1-2-5-3-4;4-2-1-3(5)6;1-2;;/h2-6,11-12,17,28H,7-10,13-14H2,1H3;3-8,11-12,17,27H,1,9-10,13-14H2,2H3;3-7,10-11,16,24H,2,8-9,12-13H2,1H3;1-5,8-9,14,23H,6-7,10-11H2;1-7H,8H2;4-6H,1-3H2;1-2H2;2H2,1H3;;1H2/q;;;;;;;;+1;/p-1/t2*17-;16-;14-;;4-;;;;/m0000.0..../s1. The third-order valence-corrected chi connectivity index (χ3v) is 25.0. The van der Waals surface area contributed by atoms with Crippen LogP contribution in [0.5, 0.6) is 0 Å². The molecule has 0 unspecified atom stereocenters. The monoisotopic (exact) mass is 2090 g/mol. The van der Waals surface area contributed by atoms with Crippen LogP contribution in [-0.4, -0.2) is 250 Å². The number of anilines is 6. The van der Waals surface area contributed by atoms with E-state index in [2.05, 4.69) is 203 Å². The van der Waals surface area contributed by atoms with E-state index in [1.54, 1.807) is 43.8 Å². The van der Waals surface area contributed by atoms with Gasteiger partial charge in [0.2, 0.25) is 46.1 Å². The Labute approximate surface area is 860 Å². The summed E-state index contributed by atoms with van der Waals surface area (Å²) >= 11 is 28.7. The number of carbonyl (C=O) groups excluding carboxylic acids is 3. The predicted octanol–water partition coefficient (Wildman–Crippen LogP) is 11.3. The number of nitrogens with one attached hydrogen (secondary N) is 1. The number of aliphatic hydroxyl groups excluding tert-OH is 5. The predicted molar refractivity (Wildman–Crippen MR) is 551 cm³/mol. The van der Waals surface area contributed by atoms with Gasteiger partial charge in [0.15, 0.2) is 28.2 Å². The molecule has 9 N–H and O–H groups in total. The maximum absolute atomic E-state index is 12.3. The molecule has 15 aromatic rings. The number of alkyl halides is 2. The minimum absolute atomic E-state index is 0. The number of aryl methyl sites for hydroxylation is 1. The van der Waals surface area contributed by atoms with E-state index in [4.69, 9.17) is 71.4 Å². The minimum Gasteiger partial charge on any atom is -0.870 e. The molecule has 2 amide bonds. The van der Waals surface area contributed by atoms with Gasteiger partial charge in [0.25, 0.3) is 0 Å². The molecule has 5 aliphatic heterocycles. The van der Waals surface area contributed by atoms with Crippen molar-refractivity contribution in [3.8, 4) is 0 Å². The zero-order valence-corrected chi connectivity index (χ0v) is 85.9. The summed E-state index contributed by atoms with van der Waals surface area (Å²) in [6.07, 6.45) is 14.1. The SMILES string of the molecule is C=CC(=O)N(C)c1cnc2nc(N3CC[C@H](O)C3)n(Cc3ccccc3)c2c1.CCc1cnc2nc(N3CC[C@H](O)C3)n(Cc3ccccc3)c2c1.CN.CN(C(=O)CCCl)c1cnc2nc(N3CC[C@H](O)C3)n(Cc3ccccc3)c2c1.Clc1nc2ncc(Br)cc2n1Cc1ccccc1.O=C(Cl)CCCl.O[C@H]1CCN(c2nc3ncc(Br)cc3n2Cc2ccccc2)C1.O[C@H]1CCNC1.[Na+].[OH-]. The van der Waals surface area contributed by atoms with Crippen LogP contribution in [0.15, 0.2) is 235 Å². The van der Waals surface area contributed by atoms with E-state index in [0.717, 1.165) is 174 Å². The van der Waals surface area contributed by atoms with Gasteiger partial charge in [0.1, 0.15) is 0 Å². The summed E-state index contributed by atoms with van der Waals surface area (Å²) in [7, 11) is 4.93. The molecule has 5 atom stereocenters. The van der Waals surface area contributed by atoms with E-state index in [9.17, 15) is 34.8 Å². The molecule has 0 radical (unpaired) electrons. The van der Waals surface area contributed by atoms with Gasteiger partial charge < -0.3 is 94.3 Å². The van der Waals surface area contributed by atoms with Gasteiger partial charge in [-0.25, -0.2) is 24.9 Å². The van der Waals surface area contributed by atoms with Crippen LogP contribution < -0.4 is 70.0 Å². The molecule has 0 aliphatic carbocycles. The van der Waals surface area contributed by atoms with Crippen molar-refractivity contribution < 1.29 is 74.9 Å². The van der Waals surface area contributed by atoms with Crippen molar-refractivity contribution in [2.45, 2.75) is 122 Å². The number of β-amino-alcohol motifs (C(OH)–C–C–N with tert-alkyl or cyclic N) is 5. The maximum atomic E-state index is 12.3. The summed E-state index contributed by atoms with van der Waals surface area (Å²) in [5, 5.41) is 51.5. The second-order valence-electron chi connectivity index (χ2n) is 33.0. The van der Waals surface area contributed by atoms with Crippen LogP contribution in [0, 0.1) is 0 Å². The molecule has 5 aliphatic rings. The fraction of sp³-hybridized carbons (Fsp3) is 0.343. The van der Waals surface area contributed by atoms with Gasteiger partial charge in [-0.15, -0.1) is 23.2 Å². The Morgan fingerprint density at radius 1 is 0.442 bits per heavy atom. The van der Waals surface area contributed by atoms with Crippen molar-refractivity contribution in [3.05, 3.63) is 273 Å². The number of fused-ring (bicyclic) bond motifs is 5. The largest absolute Gasteiger partial charge is 1.00 e. The molecule has 10 aromatic heterocycles. The van der Waals surface area contributed by atoms with Gasteiger partial charge in [0, 0.05) is 125 Å². The number of aromatic nitrogens is 15. The van der Waals surface area contributed by atoms with Gasteiger partial charge in [0.05, 0.1) is 115 Å². The number of carbonyl (C=O) groups is 3. The smallest absolute Gasteiger partial charge is 0.870 e. The molecule has 20 rings (SSSR count). The summed E-state index contributed by atoms with van der Waals surface area (Å²) in [5.74, 6) is 3.72. The minimum atomic E-state index is -0.370. The number of aliphatic hydroxyl groups is 5. The molecule has 138 heavy (non-hydrogen) atoms. The van der Waals surface area contributed by atoms with Crippen molar-refractivity contribution in [1.82, 2.24) is 78.0 Å². The Morgan fingerprint density at radius 3 is 1.04 bits per heavy atom. The van der Waals surface area contributed by atoms with Crippen LogP contribution in [0.25, 0.3) is 55.8 Å². The number of imidazole rings is 5. The summed E-state index contributed by atoms with van der Waals surface area (Å²) in [4.78, 5) is 91.0. The number of rotatable bonds is 22. The van der Waals surface area contributed by atoms with Crippen LogP contribution in [0.1, 0.15) is 85.3 Å². The Balaban J connectivity index is 0.000000160. The number of nitrogens with zero attached hydrogens (tertiary/aromatic N) is 21. The zero-order chi connectivity index (χ0) is 96.3. The summed E-state index contributed by atoms with van der Waals surface area (Å²) in [6, 6.07) is 61.3. The van der Waals surface area contributed by atoms with Gasteiger partial charge in [-0.3, -0.25) is 14.4 Å². The number of hydrogen-bond acceptors (Lipinski definition) is 25. The Kier molecular flexibility index (Phi) is 41.7. The summed E-state index contributed by atoms with van der Waals surface area (Å²) in [6.45, 7) is 16.4. The Morgan fingerprint density at radius 2 is 0.754 bits per heavy atom. The van der Waals surface area contributed by atoms with Crippen molar-refractivity contribution in [2.75, 3.05) is 128 Å².